The summed E-state index contributed by atoms with van der Waals surface area (Å²) in [5.41, 5.74) is 8.25. The second-order valence-electron chi connectivity index (χ2n) is 8.81. The number of ether oxygens (including phenoxy) is 1. The quantitative estimate of drug-likeness (QED) is 0.487. The van der Waals surface area contributed by atoms with Gasteiger partial charge in [0.1, 0.15) is 11.9 Å². The first-order valence-corrected chi connectivity index (χ1v) is 11.4. The van der Waals surface area contributed by atoms with Crippen molar-refractivity contribution in [2.45, 2.75) is 40.2 Å². The number of carbonyl (C=O) groups excluding carboxylic acids is 1. The molecule has 0 saturated carbocycles. The SMILES string of the molecule is Cc1cnc(C)c(-c2ccc3c(c2)C[C@@H](CNC(=O)c2cccc(-n4nc(C)cc4C)c2)O3)n1. The third kappa shape index (κ3) is 4.29. The number of fused-ring (bicyclic) bond motifs is 1. The monoisotopic (exact) mass is 453 g/mol. The zero-order valence-corrected chi connectivity index (χ0v) is 19.8. The van der Waals surface area contributed by atoms with Gasteiger partial charge in [0.15, 0.2) is 0 Å². The molecule has 5 rings (SSSR count). The van der Waals surface area contributed by atoms with E-state index in [9.17, 15) is 4.79 Å². The van der Waals surface area contributed by atoms with Gasteiger partial charge in [0.2, 0.25) is 0 Å². The Hall–Kier alpha value is -4.00. The minimum atomic E-state index is -0.130. The minimum absolute atomic E-state index is 0.113. The number of nitrogens with one attached hydrogen (secondary N) is 1. The Morgan fingerprint density at radius 3 is 2.74 bits per heavy atom. The van der Waals surface area contributed by atoms with Crippen LogP contribution in [0.15, 0.2) is 54.7 Å². The van der Waals surface area contributed by atoms with E-state index in [-0.39, 0.29) is 12.0 Å². The molecule has 1 aliphatic rings. The molecule has 2 aromatic carbocycles. The topological polar surface area (TPSA) is 81.9 Å². The van der Waals surface area contributed by atoms with Crippen molar-refractivity contribution in [3.05, 3.63) is 88.6 Å². The summed E-state index contributed by atoms with van der Waals surface area (Å²) in [5.74, 6) is 0.724. The van der Waals surface area contributed by atoms with Crippen LogP contribution in [0, 0.1) is 27.7 Å². The van der Waals surface area contributed by atoms with Crippen LogP contribution in [0.3, 0.4) is 0 Å². The van der Waals surface area contributed by atoms with Crippen LogP contribution in [-0.4, -0.2) is 38.3 Å². The Labute approximate surface area is 198 Å². The van der Waals surface area contributed by atoms with Crippen molar-refractivity contribution in [3.8, 4) is 22.7 Å². The Morgan fingerprint density at radius 1 is 1.09 bits per heavy atom. The van der Waals surface area contributed by atoms with Crippen LogP contribution in [-0.2, 0) is 6.42 Å². The van der Waals surface area contributed by atoms with Gasteiger partial charge >= 0.3 is 0 Å². The van der Waals surface area contributed by atoms with Gasteiger partial charge in [0, 0.05) is 29.4 Å². The number of carbonyl (C=O) groups is 1. The lowest BCUT2D eigenvalue weighted by molar-refractivity contribution is 0.0933. The van der Waals surface area contributed by atoms with E-state index in [4.69, 9.17) is 4.74 Å². The molecule has 1 N–H and O–H groups in total. The highest BCUT2D eigenvalue weighted by Crippen LogP contribution is 2.33. The number of hydrogen-bond acceptors (Lipinski definition) is 5. The molecule has 1 aliphatic heterocycles. The molecule has 7 nitrogen and oxygen atoms in total. The van der Waals surface area contributed by atoms with E-state index < -0.39 is 0 Å². The van der Waals surface area contributed by atoms with E-state index in [1.54, 1.807) is 6.20 Å². The predicted molar refractivity (Wildman–Crippen MR) is 130 cm³/mol. The number of benzene rings is 2. The first-order chi connectivity index (χ1) is 16.4. The highest BCUT2D eigenvalue weighted by molar-refractivity contribution is 5.94. The minimum Gasteiger partial charge on any atom is -0.488 e. The van der Waals surface area contributed by atoms with Gasteiger partial charge in [-0.15, -0.1) is 0 Å². The van der Waals surface area contributed by atoms with Gasteiger partial charge in [-0.25, -0.2) is 9.67 Å². The molecular weight excluding hydrogens is 426 g/mol. The third-order valence-corrected chi connectivity index (χ3v) is 6.00. The third-order valence-electron chi connectivity index (χ3n) is 6.00. The maximum absolute atomic E-state index is 12.8. The van der Waals surface area contributed by atoms with Crippen molar-refractivity contribution in [1.82, 2.24) is 25.1 Å². The van der Waals surface area contributed by atoms with Crippen LogP contribution >= 0.6 is 0 Å². The molecular formula is C27H27N5O2. The van der Waals surface area contributed by atoms with Crippen molar-refractivity contribution in [2.75, 3.05) is 6.54 Å². The Bertz CT molecular complexity index is 1390. The maximum atomic E-state index is 12.8. The second-order valence-corrected chi connectivity index (χ2v) is 8.81. The molecule has 0 bridgehead atoms. The van der Waals surface area contributed by atoms with Crippen LogP contribution in [0.5, 0.6) is 5.75 Å². The molecule has 7 heteroatoms. The lowest BCUT2D eigenvalue weighted by atomic mass is 10.0. The van der Waals surface area contributed by atoms with E-state index in [2.05, 4.69) is 26.4 Å². The molecule has 34 heavy (non-hydrogen) atoms. The summed E-state index contributed by atoms with van der Waals surface area (Å²) in [6.07, 6.45) is 2.40. The fourth-order valence-corrected chi connectivity index (χ4v) is 4.37. The molecule has 0 saturated heterocycles. The molecule has 2 aromatic heterocycles. The van der Waals surface area contributed by atoms with Gasteiger partial charge in [0.25, 0.3) is 5.91 Å². The number of hydrogen-bond donors (Lipinski definition) is 1. The highest BCUT2D eigenvalue weighted by atomic mass is 16.5. The van der Waals surface area contributed by atoms with Crippen LogP contribution in [0.1, 0.15) is 38.7 Å². The fourth-order valence-electron chi connectivity index (χ4n) is 4.37. The number of aryl methyl sites for hydroxylation is 4. The Balaban J connectivity index is 1.25. The lowest BCUT2D eigenvalue weighted by Crippen LogP contribution is -2.34. The normalized spacial score (nSPS) is 14.5. The summed E-state index contributed by atoms with van der Waals surface area (Å²) in [5, 5.41) is 7.53. The Morgan fingerprint density at radius 2 is 1.94 bits per heavy atom. The van der Waals surface area contributed by atoms with E-state index in [0.717, 1.165) is 57.5 Å². The van der Waals surface area contributed by atoms with Crippen molar-refractivity contribution >= 4 is 5.91 Å². The van der Waals surface area contributed by atoms with Crippen molar-refractivity contribution in [1.29, 1.82) is 0 Å². The second kappa shape index (κ2) is 8.74. The van der Waals surface area contributed by atoms with Gasteiger partial charge in [-0.05, 0) is 75.7 Å². The van der Waals surface area contributed by atoms with Crippen LogP contribution in [0.25, 0.3) is 16.9 Å². The van der Waals surface area contributed by atoms with E-state index in [1.165, 1.54) is 0 Å². The zero-order valence-electron chi connectivity index (χ0n) is 19.8. The van der Waals surface area contributed by atoms with Gasteiger partial charge in [-0.1, -0.05) is 6.07 Å². The van der Waals surface area contributed by atoms with Crippen LogP contribution in [0.2, 0.25) is 0 Å². The molecule has 3 heterocycles. The first kappa shape index (κ1) is 21.8. The maximum Gasteiger partial charge on any atom is 0.251 e. The molecule has 0 aliphatic carbocycles. The number of nitrogens with zero attached hydrogens (tertiary/aromatic N) is 4. The summed E-state index contributed by atoms with van der Waals surface area (Å²) in [6, 6.07) is 15.6. The lowest BCUT2D eigenvalue weighted by Gasteiger charge is -2.12. The first-order valence-electron chi connectivity index (χ1n) is 11.4. The number of aromatic nitrogens is 4. The zero-order chi connectivity index (χ0) is 23.8. The number of rotatable bonds is 5. The van der Waals surface area contributed by atoms with Crippen LogP contribution < -0.4 is 10.1 Å². The molecule has 172 valence electrons. The molecule has 4 aromatic rings. The van der Waals surface area contributed by atoms with Gasteiger partial charge in [-0.2, -0.15) is 5.10 Å². The van der Waals surface area contributed by atoms with E-state index >= 15 is 0 Å². The van der Waals surface area contributed by atoms with Gasteiger partial charge in [0.05, 0.1) is 35.0 Å². The largest absolute Gasteiger partial charge is 0.488 e. The average molecular weight is 454 g/mol. The van der Waals surface area contributed by atoms with Crippen molar-refractivity contribution < 1.29 is 9.53 Å². The van der Waals surface area contributed by atoms with Crippen molar-refractivity contribution in [3.63, 3.8) is 0 Å². The predicted octanol–water partition coefficient (Wildman–Crippen LogP) is 4.30. The highest BCUT2D eigenvalue weighted by Gasteiger charge is 2.24. The van der Waals surface area contributed by atoms with E-state index in [0.29, 0.717) is 12.1 Å². The standard InChI is InChI=1S/C27H27N5O2/c1-16-10-18(3)32(31-16)23-7-5-6-21(12-23)27(33)29-15-24-13-22-11-20(8-9-25(22)34-24)26-19(4)28-14-17(2)30-26/h5-12,14,24H,13,15H2,1-4H3,(H,29,33)/t24-/m0/s1. The smallest absolute Gasteiger partial charge is 0.251 e. The molecule has 0 radical (unpaired) electrons. The molecule has 0 unspecified atom stereocenters. The van der Waals surface area contributed by atoms with Gasteiger partial charge in [-0.3, -0.25) is 9.78 Å². The molecule has 1 amide bonds. The summed E-state index contributed by atoms with van der Waals surface area (Å²) < 4.78 is 7.93. The fraction of sp³-hybridized carbons (Fsp3) is 0.259. The Kier molecular flexibility index (Phi) is 5.61. The molecule has 1 atom stereocenters. The summed E-state index contributed by atoms with van der Waals surface area (Å²) >= 11 is 0. The molecule has 0 fully saturated rings. The summed E-state index contributed by atoms with van der Waals surface area (Å²) in [7, 11) is 0. The number of amides is 1. The van der Waals surface area contributed by atoms with E-state index in [1.807, 2.05) is 74.8 Å². The van der Waals surface area contributed by atoms with Crippen LogP contribution in [0.4, 0.5) is 0 Å². The summed E-state index contributed by atoms with van der Waals surface area (Å²) in [4.78, 5) is 21.9. The van der Waals surface area contributed by atoms with Crippen molar-refractivity contribution in [2.24, 2.45) is 0 Å². The average Bonchev–Trinajstić information content (AvgIpc) is 3.40. The van der Waals surface area contributed by atoms with Gasteiger partial charge < -0.3 is 10.1 Å². The molecule has 0 spiro atoms. The summed E-state index contributed by atoms with van der Waals surface area (Å²) in [6.45, 7) is 8.29.